The molecular formula is C9H10N2O2. The van der Waals surface area contributed by atoms with Crippen molar-refractivity contribution in [1.82, 2.24) is 0 Å². The lowest BCUT2D eigenvalue weighted by molar-refractivity contribution is -0.105. The van der Waals surface area contributed by atoms with Crippen LogP contribution in [0.15, 0.2) is 18.2 Å². The van der Waals surface area contributed by atoms with Gasteiger partial charge >= 0.3 is 0 Å². The Morgan fingerprint density at radius 3 is 3.31 bits per heavy atom. The van der Waals surface area contributed by atoms with E-state index in [2.05, 4.69) is 10.6 Å². The van der Waals surface area contributed by atoms with Crippen LogP contribution in [-0.2, 0) is 4.79 Å². The third kappa shape index (κ3) is 1.56. The molecule has 4 nitrogen and oxygen atoms in total. The second kappa shape index (κ2) is 3.35. The fourth-order valence-corrected chi connectivity index (χ4v) is 1.29. The first-order chi connectivity index (χ1) is 6.40. The van der Waals surface area contributed by atoms with E-state index in [4.69, 9.17) is 4.74 Å². The minimum absolute atomic E-state index is 0.651. The molecule has 0 bridgehead atoms. The molecule has 0 saturated heterocycles. The summed E-state index contributed by atoms with van der Waals surface area (Å²) < 4.78 is 5.39. The van der Waals surface area contributed by atoms with Crippen molar-refractivity contribution in [2.45, 2.75) is 0 Å². The molecule has 2 rings (SSSR count). The number of anilines is 2. The number of hydrogen-bond donors (Lipinski definition) is 2. The third-order valence-corrected chi connectivity index (χ3v) is 1.88. The topological polar surface area (TPSA) is 50.4 Å². The normalized spacial score (nSPS) is 13.5. The van der Waals surface area contributed by atoms with E-state index in [1.165, 1.54) is 0 Å². The number of carbonyl (C=O) groups is 1. The molecule has 0 fully saturated rings. The van der Waals surface area contributed by atoms with Crippen molar-refractivity contribution in [1.29, 1.82) is 0 Å². The van der Waals surface area contributed by atoms with Gasteiger partial charge in [0, 0.05) is 18.3 Å². The predicted octanol–water partition coefficient (Wildman–Crippen LogP) is 1.06. The lowest BCUT2D eigenvalue weighted by Crippen LogP contribution is -2.17. The maximum Gasteiger partial charge on any atom is 0.211 e. The summed E-state index contributed by atoms with van der Waals surface area (Å²) in [6.07, 6.45) is 0.651. The number of fused-ring (bicyclic) bond motifs is 1. The Balaban J connectivity index is 2.29. The maximum absolute atomic E-state index is 10.2. The van der Waals surface area contributed by atoms with E-state index in [0.29, 0.717) is 13.0 Å². The average Bonchev–Trinajstić information content (AvgIpc) is 2.18. The molecule has 68 valence electrons. The Bertz CT molecular complexity index is 325. The SMILES string of the molecule is O=CNc1ccc2c(c1)OCCN2. The van der Waals surface area contributed by atoms with Crippen LogP contribution in [-0.4, -0.2) is 19.6 Å². The molecule has 0 radical (unpaired) electrons. The van der Waals surface area contributed by atoms with Crippen molar-refractivity contribution < 1.29 is 9.53 Å². The summed E-state index contributed by atoms with van der Waals surface area (Å²) in [5.74, 6) is 0.790. The van der Waals surface area contributed by atoms with Gasteiger partial charge in [-0.25, -0.2) is 0 Å². The Labute approximate surface area is 75.9 Å². The number of rotatable bonds is 2. The minimum Gasteiger partial charge on any atom is -0.490 e. The van der Waals surface area contributed by atoms with E-state index < -0.39 is 0 Å². The van der Waals surface area contributed by atoms with Gasteiger partial charge in [-0.2, -0.15) is 0 Å². The Morgan fingerprint density at radius 1 is 1.54 bits per heavy atom. The van der Waals surface area contributed by atoms with Gasteiger partial charge in [0.05, 0.1) is 5.69 Å². The lowest BCUT2D eigenvalue weighted by atomic mass is 10.2. The second-order valence-corrected chi connectivity index (χ2v) is 2.75. The molecule has 0 saturated carbocycles. The summed E-state index contributed by atoms with van der Waals surface area (Å²) in [6, 6.07) is 5.52. The standard InChI is InChI=1S/C9H10N2O2/c12-6-11-7-1-2-8-9(5-7)13-4-3-10-8/h1-2,5-6,10H,3-4H2,(H,11,12). The lowest BCUT2D eigenvalue weighted by Gasteiger charge is -2.19. The Morgan fingerprint density at radius 2 is 2.46 bits per heavy atom. The van der Waals surface area contributed by atoms with Crippen molar-refractivity contribution in [2.24, 2.45) is 0 Å². The zero-order valence-electron chi connectivity index (χ0n) is 7.04. The Kier molecular flexibility index (Phi) is 2.04. The maximum atomic E-state index is 10.2. The van der Waals surface area contributed by atoms with Crippen LogP contribution in [0.25, 0.3) is 0 Å². The van der Waals surface area contributed by atoms with Gasteiger partial charge in [0.1, 0.15) is 12.4 Å². The molecule has 0 spiro atoms. The first kappa shape index (κ1) is 7.91. The number of nitrogens with one attached hydrogen (secondary N) is 2. The monoisotopic (exact) mass is 178 g/mol. The molecule has 1 aromatic rings. The predicted molar refractivity (Wildman–Crippen MR) is 50.1 cm³/mol. The van der Waals surface area contributed by atoms with Gasteiger partial charge in [-0.05, 0) is 12.1 Å². The molecule has 0 atom stereocenters. The zero-order valence-corrected chi connectivity index (χ0v) is 7.04. The van der Waals surface area contributed by atoms with E-state index in [1.54, 1.807) is 6.07 Å². The van der Waals surface area contributed by atoms with Crippen LogP contribution in [0.4, 0.5) is 11.4 Å². The minimum atomic E-state index is 0.651. The van der Waals surface area contributed by atoms with Crippen LogP contribution in [0.3, 0.4) is 0 Å². The number of amides is 1. The summed E-state index contributed by atoms with van der Waals surface area (Å²) in [4.78, 5) is 10.2. The van der Waals surface area contributed by atoms with Crippen LogP contribution in [0.1, 0.15) is 0 Å². The molecule has 0 unspecified atom stereocenters. The van der Waals surface area contributed by atoms with Crippen LogP contribution in [0.5, 0.6) is 5.75 Å². The van der Waals surface area contributed by atoms with Crippen molar-refractivity contribution in [2.75, 3.05) is 23.8 Å². The van der Waals surface area contributed by atoms with Crippen molar-refractivity contribution in [3.05, 3.63) is 18.2 Å². The zero-order chi connectivity index (χ0) is 9.10. The smallest absolute Gasteiger partial charge is 0.211 e. The van der Waals surface area contributed by atoms with Crippen molar-refractivity contribution in [3.8, 4) is 5.75 Å². The van der Waals surface area contributed by atoms with Gasteiger partial charge in [0.2, 0.25) is 6.41 Å². The molecule has 13 heavy (non-hydrogen) atoms. The van der Waals surface area contributed by atoms with E-state index in [0.717, 1.165) is 23.7 Å². The largest absolute Gasteiger partial charge is 0.490 e. The molecule has 4 heteroatoms. The van der Waals surface area contributed by atoms with Gasteiger partial charge < -0.3 is 15.4 Å². The highest BCUT2D eigenvalue weighted by atomic mass is 16.5. The van der Waals surface area contributed by atoms with Crippen LogP contribution in [0, 0.1) is 0 Å². The first-order valence-electron chi connectivity index (χ1n) is 4.11. The highest BCUT2D eigenvalue weighted by Crippen LogP contribution is 2.29. The van der Waals surface area contributed by atoms with E-state index in [1.807, 2.05) is 12.1 Å². The fraction of sp³-hybridized carbons (Fsp3) is 0.222. The summed E-state index contributed by atoms with van der Waals surface area (Å²) in [5, 5.41) is 5.76. The van der Waals surface area contributed by atoms with E-state index in [9.17, 15) is 4.79 Å². The molecule has 1 amide bonds. The van der Waals surface area contributed by atoms with Gasteiger partial charge in [-0.1, -0.05) is 0 Å². The van der Waals surface area contributed by atoms with Gasteiger partial charge in [0.15, 0.2) is 0 Å². The quantitative estimate of drug-likeness (QED) is 0.666. The number of ether oxygens (including phenoxy) is 1. The van der Waals surface area contributed by atoms with Gasteiger partial charge in [0.25, 0.3) is 0 Å². The summed E-state index contributed by atoms with van der Waals surface area (Å²) in [5.41, 5.74) is 1.72. The molecular weight excluding hydrogens is 168 g/mol. The summed E-state index contributed by atoms with van der Waals surface area (Å²) in [6.45, 7) is 1.49. The average molecular weight is 178 g/mol. The summed E-state index contributed by atoms with van der Waals surface area (Å²) >= 11 is 0. The number of benzene rings is 1. The molecule has 1 aliphatic heterocycles. The second-order valence-electron chi connectivity index (χ2n) is 2.75. The first-order valence-corrected chi connectivity index (χ1v) is 4.11. The Hall–Kier alpha value is -1.71. The molecule has 1 aromatic carbocycles. The summed E-state index contributed by atoms with van der Waals surface area (Å²) in [7, 11) is 0. The molecule has 0 aliphatic carbocycles. The van der Waals surface area contributed by atoms with Gasteiger partial charge in [-0.3, -0.25) is 4.79 Å². The molecule has 1 aliphatic rings. The van der Waals surface area contributed by atoms with Gasteiger partial charge in [-0.15, -0.1) is 0 Å². The number of hydrogen-bond acceptors (Lipinski definition) is 3. The van der Waals surface area contributed by atoms with Crippen molar-refractivity contribution in [3.63, 3.8) is 0 Å². The van der Waals surface area contributed by atoms with E-state index in [-0.39, 0.29) is 0 Å². The molecule has 2 N–H and O–H groups in total. The highest BCUT2D eigenvalue weighted by Gasteiger charge is 2.08. The van der Waals surface area contributed by atoms with Crippen LogP contribution >= 0.6 is 0 Å². The molecule has 1 heterocycles. The van der Waals surface area contributed by atoms with E-state index >= 15 is 0 Å². The van der Waals surface area contributed by atoms with Crippen molar-refractivity contribution >= 4 is 17.8 Å². The van der Waals surface area contributed by atoms with Crippen LogP contribution < -0.4 is 15.4 Å². The highest BCUT2D eigenvalue weighted by molar-refractivity contribution is 5.75. The van der Waals surface area contributed by atoms with Crippen LogP contribution in [0.2, 0.25) is 0 Å². The third-order valence-electron chi connectivity index (χ3n) is 1.88. The fourth-order valence-electron chi connectivity index (χ4n) is 1.29. The molecule has 0 aromatic heterocycles. The number of carbonyl (C=O) groups excluding carboxylic acids is 1.